The van der Waals surface area contributed by atoms with E-state index in [4.69, 9.17) is 9.84 Å². The number of unbranched alkanes of at least 4 members (excludes halogenated alkanes) is 3. The number of hydrogen-bond donors (Lipinski definition) is 1. The molecule has 1 rings (SSSR count). The van der Waals surface area contributed by atoms with Crippen LogP contribution in [-0.4, -0.2) is 36.4 Å². The Morgan fingerprint density at radius 1 is 1.10 bits per heavy atom. The van der Waals surface area contributed by atoms with Gasteiger partial charge in [-0.05, 0) is 45.2 Å². The predicted octanol–water partition coefficient (Wildman–Crippen LogP) is 3.96. The zero-order valence-electron chi connectivity index (χ0n) is 13.2. The van der Waals surface area contributed by atoms with Crippen LogP contribution in [0.25, 0.3) is 0 Å². The normalized spacial score (nSPS) is 11.0. The molecule has 0 radical (unpaired) electrons. The molecule has 0 aliphatic rings. The van der Waals surface area contributed by atoms with Gasteiger partial charge in [-0.25, -0.2) is 0 Å². The average Bonchev–Trinajstić information content (AvgIpc) is 2.52. The van der Waals surface area contributed by atoms with Gasteiger partial charge in [-0.2, -0.15) is 0 Å². The van der Waals surface area contributed by atoms with E-state index in [2.05, 4.69) is 24.2 Å². The van der Waals surface area contributed by atoms with Crippen LogP contribution in [0.4, 0.5) is 5.69 Å². The molecule has 21 heavy (non-hydrogen) atoms. The Hall–Kier alpha value is -1.62. The highest BCUT2D eigenvalue weighted by molar-refractivity contribution is 5.42. The second kappa shape index (κ2) is 11.1. The van der Waals surface area contributed by atoms with Crippen LogP contribution in [0.2, 0.25) is 0 Å². The molecule has 0 spiro atoms. The predicted molar refractivity (Wildman–Crippen MR) is 84.9 cm³/mol. The van der Waals surface area contributed by atoms with Crippen LogP contribution in [0.3, 0.4) is 0 Å². The van der Waals surface area contributed by atoms with E-state index in [1.54, 1.807) is 0 Å². The maximum Gasteiger partial charge on any atom is 0.121 e. The zero-order chi connectivity index (χ0) is 15.3. The van der Waals surface area contributed by atoms with Crippen molar-refractivity contribution in [1.29, 1.82) is 0 Å². The maximum absolute atomic E-state index is 8.70. The summed E-state index contributed by atoms with van der Waals surface area (Å²) in [4.78, 5) is 0. The molecule has 1 aromatic carbocycles. The number of benzene rings is 1. The van der Waals surface area contributed by atoms with Gasteiger partial charge in [-0.3, -0.25) is 5.01 Å². The van der Waals surface area contributed by atoms with Crippen molar-refractivity contribution in [2.24, 2.45) is 10.3 Å². The Kier molecular flexibility index (Phi) is 9.20. The molecule has 0 atom stereocenters. The van der Waals surface area contributed by atoms with Crippen molar-refractivity contribution in [3.05, 3.63) is 24.3 Å². The molecule has 0 aliphatic heterocycles. The van der Waals surface area contributed by atoms with E-state index in [1.807, 2.05) is 29.3 Å². The first-order chi connectivity index (χ1) is 10.3. The third-order valence-electron chi connectivity index (χ3n) is 3.16. The van der Waals surface area contributed by atoms with E-state index in [-0.39, 0.29) is 6.61 Å². The fraction of sp³-hybridized carbons (Fsp3) is 0.625. The molecule has 1 aromatic rings. The summed E-state index contributed by atoms with van der Waals surface area (Å²) in [6.45, 7) is 6.79. The van der Waals surface area contributed by atoms with Crippen LogP contribution in [0, 0.1) is 0 Å². The Labute approximate surface area is 127 Å². The van der Waals surface area contributed by atoms with Crippen molar-refractivity contribution < 1.29 is 9.84 Å². The van der Waals surface area contributed by atoms with Crippen LogP contribution < -0.4 is 4.74 Å². The highest BCUT2D eigenvalue weighted by atomic mass is 16.5. The largest absolute Gasteiger partial charge is 0.494 e. The summed E-state index contributed by atoms with van der Waals surface area (Å²) >= 11 is 0. The van der Waals surface area contributed by atoms with Crippen LogP contribution >= 0.6 is 0 Å². The van der Waals surface area contributed by atoms with Gasteiger partial charge >= 0.3 is 0 Å². The molecular weight excluding hydrogens is 266 g/mol. The van der Waals surface area contributed by atoms with Crippen molar-refractivity contribution in [3.8, 4) is 5.75 Å². The molecule has 1 N–H and O–H groups in total. The van der Waals surface area contributed by atoms with Crippen molar-refractivity contribution in [1.82, 2.24) is 5.01 Å². The van der Waals surface area contributed by atoms with Gasteiger partial charge in [0.25, 0.3) is 0 Å². The summed E-state index contributed by atoms with van der Waals surface area (Å²) in [5.41, 5.74) is 0.805. The van der Waals surface area contributed by atoms with Gasteiger partial charge in [0.05, 0.1) is 12.3 Å². The van der Waals surface area contributed by atoms with E-state index >= 15 is 0 Å². The number of aliphatic hydroxyl groups excluding tert-OH is 1. The quantitative estimate of drug-likeness (QED) is 0.382. The highest BCUT2D eigenvalue weighted by Crippen LogP contribution is 2.20. The van der Waals surface area contributed by atoms with Crippen molar-refractivity contribution in [3.63, 3.8) is 0 Å². The first-order valence-corrected chi connectivity index (χ1v) is 7.80. The monoisotopic (exact) mass is 293 g/mol. The molecule has 0 aliphatic carbocycles. The Bertz CT molecular complexity index is 406. The Morgan fingerprint density at radius 2 is 1.86 bits per heavy atom. The van der Waals surface area contributed by atoms with Gasteiger partial charge in [-0.1, -0.05) is 17.7 Å². The van der Waals surface area contributed by atoms with E-state index in [1.165, 1.54) is 0 Å². The number of rotatable bonds is 11. The molecule has 0 saturated heterocycles. The number of aliphatic hydroxyl groups is 1. The molecule has 0 unspecified atom stereocenters. The first kappa shape index (κ1) is 17.4. The van der Waals surface area contributed by atoms with Gasteiger partial charge in [0.1, 0.15) is 5.75 Å². The van der Waals surface area contributed by atoms with Crippen molar-refractivity contribution in [2.45, 2.75) is 39.5 Å². The standard InChI is InChI=1S/C16H27N3O2/c1-3-19(4-2)18-17-15-10-9-11-16(14-15)21-13-8-6-5-7-12-20/h9-11,14,20H,3-8,12-13H2,1-2H3. The highest BCUT2D eigenvalue weighted by Gasteiger charge is 1.98. The molecule has 0 aromatic heterocycles. The third kappa shape index (κ3) is 7.66. The van der Waals surface area contributed by atoms with Gasteiger partial charge < -0.3 is 9.84 Å². The van der Waals surface area contributed by atoms with Crippen molar-refractivity contribution >= 4 is 5.69 Å². The topological polar surface area (TPSA) is 57.4 Å². The average molecular weight is 293 g/mol. The molecule has 0 fully saturated rings. The lowest BCUT2D eigenvalue weighted by atomic mass is 10.2. The van der Waals surface area contributed by atoms with E-state index in [9.17, 15) is 0 Å². The second-order valence-electron chi connectivity index (χ2n) is 4.81. The maximum atomic E-state index is 8.70. The molecule has 0 bridgehead atoms. The fourth-order valence-electron chi connectivity index (χ4n) is 1.86. The minimum absolute atomic E-state index is 0.278. The van der Waals surface area contributed by atoms with Gasteiger partial charge in [0.2, 0.25) is 0 Å². The SMILES string of the molecule is CCN(CC)N=Nc1cccc(OCCCCCCO)c1. The smallest absolute Gasteiger partial charge is 0.121 e. The van der Waals surface area contributed by atoms with E-state index in [0.717, 1.165) is 50.2 Å². The molecule has 0 heterocycles. The molecule has 5 heteroatoms. The van der Waals surface area contributed by atoms with Gasteiger partial charge in [-0.15, -0.1) is 5.11 Å². The fourth-order valence-corrected chi connectivity index (χ4v) is 1.86. The summed E-state index contributed by atoms with van der Waals surface area (Å²) in [5.74, 6) is 0.827. The lowest BCUT2D eigenvalue weighted by Crippen LogP contribution is -2.14. The molecule has 118 valence electrons. The van der Waals surface area contributed by atoms with Gasteiger partial charge in [0, 0.05) is 25.8 Å². The lowest BCUT2D eigenvalue weighted by molar-refractivity contribution is 0.273. The summed E-state index contributed by atoms with van der Waals surface area (Å²) in [5, 5.41) is 19.0. The number of ether oxygens (including phenoxy) is 1. The summed E-state index contributed by atoms with van der Waals surface area (Å²) in [6, 6.07) is 7.68. The third-order valence-corrected chi connectivity index (χ3v) is 3.16. The molecule has 0 amide bonds. The molecule has 0 saturated carbocycles. The zero-order valence-corrected chi connectivity index (χ0v) is 13.2. The second-order valence-corrected chi connectivity index (χ2v) is 4.81. The van der Waals surface area contributed by atoms with Crippen LogP contribution in [-0.2, 0) is 0 Å². The number of hydrogen-bond acceptors (Lipinski definition) is 4. The van der Waals surface area contributed by atoms with Crippen LogP contribution in [0.1, 0.15) is 39.5 Å². The van der Waals surface area contributed by atoms with Gasteiger partial charge in [0.15, 0.2) is 0 Å². The van der Waals surface area contributed by atoms with E-state index in [0.29, 0.717) is 6.61 Å². The molecule has 5 nitrogen and oxygen atoms in total. The minimum atomic E-state index is 0.278. The minimum Gasteiger partial charge on any atom is -0.494 e. The van der Waals surface area contributed by atoms with Crippen molar-refractivity contribution in [2.75, 3.05) is 26.3 Å². The summed E-state index contributed by atoms with van der Waals surface area (Å²) < 4.78 is 5.71. The van der Waals surface area contributed by atoms with Crippen LogP contribution in [0.5, 0.6) is 5.75 Å². The Morgan fingerprint density at radius 3 is 2.57 bits per heavy atom. The molecular formula is C16H27N3O2. The van der Waals surface area contributed by atoms with Crippen LogP contribution in [0.15, 0.2) is 34.6 Å². The van der Waals surface area contributed by atoms with E-state index < -0.39 is 0 Å². The summed E-state index contributed by atoms with van der Waals surface area (Å²) in [6.07, 6.45) is 4.02. The lowest BCUT2D eigenvalue weighted by Gasteiger charge is -2.11. The number of nitrogens with zero attached hydrogens (tertiary/aromatic N) is 3. The summed E-state index contributed by atoms with van der Waals surface area (Å²) in [7, 11) is 0. The Balaban J connectivity index is 2.38. The first-order valence-electron chi connectivity index (χ1n) is 7.80.